The largest absolute Gasteiger partial charge is 0.508 e. The Hall–Kier alpha value is -2.26. The summed E-state index contributed by atoms with van der Waals surface area (Å²) in [4.78, 5) is 0. The number of phenolic OH excluding ortho intramolecular Hbond substituents is 2. The summed E-state index contributed by atoms with van der Waals surface area (Å²) in [5.74, 6) is 0.226. The van der Waals surface area contributed by atoms with E-state index in [1.54, 1.807) is 26.0 Å². The van der Waals surface area contributed by atoms with Crippen LogP contribution in [0.15, 0.2) is 53.2 Å². The van der Waals surface area contributed by atoms with E-state index in [-0.39, 0.29) is 11.5 Å². The molecule has 1 rings (SSSR count). The Morgan fingerprint density at radius 2 is 1.43 bits per heavy atom. The molecule has 1 atom stereocenters. The highest BCUT2D eigenvalue weighted by atomic mass is 16.3. The molecule has 3 heteroatoms. The molecule has 3 N–H and O–H groups in total. The van der Waals surface area contributed by atoms with Crippen LogP contribution in [-0.2, 0) is 0 Å². The van der Waals surface area contributed by atoms with Gasteiger partial charge in [0.1, 0.15) is 11.5 Å². The summed E-state index contributed by atoms with van der Waals surface area (Å²) in [5, 5.41) is 30.4. The molecule has 0 aliphatic carbocycles. The van der Waals surface area contributed by atoms with Gasteiger partial charge in [-0.05, 0) is 97.8 Å². The molecule has 1 aromatic rings. The van der Waals surface area contributed by atoms with Crippen LogP contribution in [0.1, 0.15) is 84.3 Å². The van der Waals surface area contributed by atoms with E-state index in [1.165, 1.54) is 28.9 Å². The lowest BCUT2D eigenvalue weighted by Gasteiger charge is -2.18. The minimum absolute atomic E-state index is 0.0947. The number of aryl methyl sites for hydroxylation is 1. The van der Waals surface area contributed by atoms with Crippen molar-refractivity contribution >= 4 is 6.08 Å². The van der Waals surface area contributed by atoms with Crippen LogP contribution in [0.4, 0.5) is 0 Å². The summed E-state index contributed by atoms with van der Waals surface area (Å²) in [5.41, 5.74) is 4.29. The minimum Gasteiger partial charge on any atom is -0.508 e. The lowest BCUT2D eigenvalue weighted by Crippen LogP contribution is -2.19. The predicted octanol–water partition coefficient (Wildman–Crippen LogP) is 7.37. The molecule has 166 valence electrons. The van der Waals surface area contributed by atoms with Gasteiger partial charge < -0.3 is 15.3 Å². The number of rotatable bonds is 11. The fourth-order valence-electron chi connectivity index (χ4n) is 3.13. The number of allylic oxidation sites excluding steroid dienone is 6. The average Bonchev–Trinajstić information content (AvgIpc) is 2.63. The van der Waals surface area contributed by atoms with E-state index in [9.17, 15) is 15.3 Å². The van der Waals surface area contributed by atoms with E-state index in [1.807, 2.05) is 0 Å². The average molecular weight is 413 g/mol. The van der Waals surface area contributed by atoms with Gasteiger partial charge in [-0.25, -0.2) is 0 Å². The van der Waals surface area contributed by atoms with Crippen molar-refractivity contribution in [2.45, 2.75) is 85.7 Å². The number of phenols is 2. The van der Waals surface area contributed by atoms with Gasteiger partial charge in [-0.3, -0.25) is 0 Å². The van der Waals surface area contributed by atoms with Crippen molar-refractivity contribution in [3.8, 4) is 11.5 Å². The number of hydrogen-bond acceptors (Lipinski definition) is 3. The quantitative estimate of drug-likeness (QED) is 0.263. The van der Waals surface area contributed by atoms with Crippen molar-refractivity contribution in [3.63, 3.8) is 0 Å². The Morgan fingerprint density at radius 3 is 2.03 bits per heavy atom. The third-order valence-electron chi connectivity index (χ3n) is 5.23. The van der Waals surface area contributed by atoms with E-state index in [4.69, 9.17) is 0 Å². The first-order valence-corrected chi connectivity index (χ1v) is 10.9. The lowest BCUT2D eigenvalue weighted by atomic mass is 9.96. The highest BCUT2D eigenvalue weighted by Gasteiger charge is 2.15. The van der Waals surface area contributed by atoms with Gasteiger partial charge in [0.2, 0.25) is 0 Å². The molecule has 30 heavy (non-hydrogen) atoms. The van der Waals surface area contributed by atoms with Gasteiger partial charge in [0.25, 0.3) is 0 Å². The van der Waals surface area contributed by atoms with Gasteiger partial charge in [0.05, 0.1) is 5.60 Å². The fourth-order valence-corrected chi connectivity index (χ4v) is 3.13. The van der Waals surface area contributed by atoms with Gasteiger partial charge in [0, 0.05) is 5.56 Å². The first-order chi connectivity index (χ1) is 14.0. The van der Waals surface area contributed by atoms with E-state index in [2.05, 4.69) is 45.9 Å². The molecule has 0 radical (unpaired) electrons. The minimum atomic E-state index is -0.981. The highest BCUT2D eigenvalue weighted by molar-refractivity contribution is 5.61. The van der Waals surface area contributed by atoms with Crippen molar-refractivity contribution in [2.75, 3.05) is 0 Å². The molecule has 0 saturated heterocycles. The van der Waals surface area contributed by atoms with E-state index >= 15 is 0 Å². The van der Waals surface area contributed by atoms with Crippen LogP contribution >= 0.6 is 0 Å². The van der Waals surface area contributed by atoms with Crippen LogP contribution in [-0.4, -0.2) is 20.9 Å². The maximum Gasteiger partial charge on any atom is 0.123 e. The van der Waals surface area contributed by atoms with Gasteiger partial charge in [-0.15, -0.1) is 0 Å². The Balaban J connectivity index is 2.49. The molecule has 0 heterocycles. The lowest BCUT2D eigenvalue weighted by molar-refractivity contribution is 0.104. The summed E-state index contributed by atoms with van der Waals surface area (Å²) < 4.78 is 0. The molecule has 0 amide bonds. The van der Waals surface area contributed by atoms with Crippen molar-refractivity contribution in [1.29, 1.82) is 0 Å². The topological polar surface area (TPSA) is 60.7 Å². The Bertz CT molecular complexity index is 804. The molecular weight excluding hydrogens is 372 g/mol. The zero-order valence-corrected chi connectivity index (χ0v) is 19.6. The number of hydrogen-bond donors (Lipinski definition) is 3. The first-order valence-electron chi connectivity index (χ1n) is 10.9. The van der Waals surface area contributed by atoms with Gasteiger partial charge >= 0.3 is 0 Å². The molecule has 0 unspecified atom stereocenters. The monoisotopic (exact) mass is 412 g/mol. The summed E-state index contributed by atoms with van der Waals surface area (Å²) in [6.45, 7) is 12.1. The van der Waals surface area contributed by atoms with Gasteiger partial charge in [0.15, 0.2) is 0 Å². The molecule has 0 aliphatic rings. The molecule has 0 aliphatic heterocycles. The van der Waals surface area contributed by atoms with E-state index in [0.29, 0.717) is 17.5 Å². The second-order valence-corrected chi connectivity index (χ2v) is 8.89. The molecular formula is C27H40O3. The predicted molar refractivity (Wildman–Crippen MR) is 129 cm³/mol. The Labute approximate surface area is 183 Å². The zero-order chi connectivity index (χ0) is 22.7. The third-order valence-corrected chi connectivity index (χ3v) is 5.23. The second kappa shape index (κ2) is 12.4. The smallest absolute Gasteiger partial charge is 0.123 e. The van der Waals surface area contributed by atoms with Crippen LogP contribution < -0.4 is 0 Å². The molecule has 3 nitrogen and oxygen atoms in total. The standard InChI is InChI=1S/C27H40O3/c1-20(2)10-7-11-21(3)12-8-13-22(4)14-9-16-27(6,30)17-15-24-19-25(28)23(5)18-26(24)29/h10,12,14-15,17-19,28-30H,7-9,11,13,16H2,1-6H3/t27-/m0/s1. The summed E-state index contributed by atoms with van der Waals surface area (Å²) in [7, 11) is 0. The van der Waals surface area contributed by atoms with Gasteiger partial charge in [-0.1, -0.05) is 47.1 Å². The van der Waals surface area contributed by atoms with Crippen LogP contribution in [0.25, 0.3) is 6.08 Å². The molecule has 0 aromatic heterocycles. The molecule has 0 saturated carbocycles. The summed E-state index contributed by atoms with van der Waals surface area (Å²) >= 11 is 0. The van der Waals surface area contributed by atoms with Crippen LogP contribution in [0.3, 0.4) is 0 Å². The maximum absolute atomic E-state index is 10.6. The number of aromatic hydroxyl groups is 2. The summed E-state index contributed by atoms with van der Waals surface area (Å²) in [6, 6.07) is 3.03. The normalized spacial score (nSPS) is 14.8. The van der Waals surface area contributed by atoms with Crippen LogP contribution in [0.5, 0.6) is 11.5 Å². The highest BCUT2D eigenvalue weighted by Crippen LogP contribution is 2.28. The SMILES string of the molecule is CC(C)=CCCC(C)=CCCC(C)=CCC[C@](C)(O)C=Cc1cc(O)c(C)cc1O. The molecule has 1 aromatic carbocycles. The van der Waals surface area contributed by atoms with Crippen molar-refractivity contribution in [2.24, 2.45) is 0 Å². The third kappa shape index (κ3) is 10.5. The number of benzene rings is 1. The zero-order valence-electron chi connectivity index (χ0n) is 19.6. The van der Waals surface area contributed by atoms with Crippen LogP contribution in [0, 0.1) is 6.92 Å². The van der Waals surface area contributed by atoms with Crippen molar-refractivity contribution < 1.29 is 15.3 Å². The van der Waals surface area contributed by atoms with E-state index in [0.717, 1.165) is 32.1 Å². The fraction of sp³-hybridized carbons (Fsp3) is 0.481. The summed E-state index contributed by atoms with van der Waals surface area (Å²) in [6.07, 6.45) is 15.9. The molecule has 0 spiro atoms. The number of aliphatic hydroxyl groups is 1. The first kappa shape index (κ1) is 25.8. The molecule has 0 bridgehead atoms. The van der Waals surface area contributed by atoms with Crippen molar-refractivity contribution in [3.05, 3.63) is 64.3 Å². The Morgan fingerprint density at radius 1 is 0.867 bits per heavy atom. The van der Waals surface area contributed by atoms with Gasteiger partial charge in [-0.2, -0.15) is 0 Å². The molecule has 0 fully saturated rings. The van der Waals surface area contributed by atoms with Crippen molar-refractivity contribution in [1.82, 2.24) is 0 Å². The second-order valence-electron chi connectivity index (χ2n) is 8.89. The van der Waals surface area contributed by atoms with Crippen LogP contribution in [0.2, 0.25) is 0 Å². The Kier molecular flexibility index (Phi) is 10.7. The van der Waals surface area contributed by atoms with E-state index < -0.39 is 5.60 Å². The maximum atomic E-state index is 10.6.